The van der Waals surface area contributed by atoms with Crippen molar-refractivity contribution in [1.82, 2.24) is 0 Å². The molecular formula is C10H14NaO5P. The standard InChI is InChI=1S/C10H8.Na.H3O4P.H2O.H/c1-2-6-10-8-4-3-7-9(10)5-1;;1-5(2,3)4;;/h1-8H;;(H3,1,2,3,4);1H2;/q;+1;;;-1. The summed E-state index contributed by atoms with van der Waals surface area (Å²) in [6.07, 6.45) is 0. The van der Waals surface area contributed by atoms with Crippen LogP contribution in [0.25, 0.3) is 10.8 Å². The van der Waals surface area contributed by atoms with E-state index < -0.39 is 7.82 Å². The van der Waals surface area contributed by atoms with Crippen LogP contribution in [0.5, 0.6) is 0 Å². The van der Waals surface area contributed by atoms with Gasteiger partial charge in [0.1, 0.15) is 0 Å². The van der Waals surface area contributed by atoms with E-state index in [0.29, 0.717) is 0 Å². The molecule has 0 fully saturated rings. The summed E-state index contributed by atoms with van der Waals surface area (Å²) in [6.45, 7) is 0. The Bertz CT molecular complexity index is 417. The molecular weight excluding hydrogens is 254 g/mol. The van der Waals surface area contributed by atoms with Gasteiger partial charge in [-0.3, -0.25) is 0 Å². The maximum atomic E-state index is 8.88. The van der Waals surface area contributed by atoms with Crippen molar-refractivity contribution in [3.8, 4) is 0 Å². The summed E-state index contributed by atoms with van der Waals surface area (Å²) in [6, 6.07) is 16.7. The Morgan fingerprint density at radius 2 is 1.00 bits per heavy atom. The molecule has 0 aliphatic carbocycles. The molecule has 7 heteroatoms. The predicted octanol–water partition coefficient (Wildman–Crippen LogP) is -1.80. The summed E-state index contributed by atoms with van der Waals surface area (Å²) in [7, 11) is -4.64. The molecule has 0 amide bonds. The second-order valence-corrected chi connectivity index (χ2v) is 3.89. The van der Waals surface area contributed by atoms with Crippen LogP contribution in [0.1, 0.15) is 1.43 Å². The minimum Gasteiger partial charge on any atom is -1.00 e. The van der Waals surface area contributed by atoms with E-state index in [-0.39, 0.29) is 36.5 Å². The van der Waals surface area contributed by atoms with E-state index in [9.17, 15) is 0 Å². The first-order chi connectivity index (χ1) is 6.97. The first-order valence-corrected chi connectivity index (χ1v) is 5.75. The summed E-state index contributed by atoms with van der Waals surface area (Å²) in [5.41, 5.74) is 0. The Balaban J connectivity index is -0.000000252. The molecule has 0 aliphatic heterocycles. The molecule has 0 spiro atoms. The molecule has 0 saturated heterocycles. The fraction of sp³-hybridized carbons (Fsp3) is 0. The predicted molar refractivity (Wildman–Crippen MR) is 62.9 cm³/mol. The average molecular weight is 268 g/mol. The van der Waals surface area contributed by atoms with E-state index in [1.54, 1.807) is 0 Å². The minimum absolute atomic E-state index is 0. The third-order valence-electron chi connectivity index (χ3n) is 1.66. The van der Waals surface area contributed by atoms with Crippen LogP contribution in [0.4, 0.5) is 0 Å². The first-order valence-electron chi connectivity index (χ1n) is 4.19. The minimum atomic E-state index is -4.64. The maximum Gasteiger partial charge on any atom is 1.00 e. The van der Waals surface area contributed by atoms with E-state index in [0.717, 1.165) is 0 Å². The molecule has 2 aromatic carbocycles. The van der Waals surface area contributed by atoms with Crippen molar-refractivity contribution < 1.29 is 55.7 Å². The van der Waals surface area contributed by atoms with E-state index >= 15 is 0 Å². The monoisotopic (exact) mass is 268 g/mol. The molecule has 2 rings (SSSR count). The van der Waals surface area contributed by atoms with Gasteiger partial charge in [-0.05, 0) is 10.8 Å². The van der Waals surface area contributed by atoms with Gasteiger partial charge >= 0.3 is 37.4 Å². The van der Waals surface area contributed by atoms with Crippen LogP contribution in [0, 0.1) is 0 Å². The van der Waals surface area contributed by atoms with Gasteiger partial charge in [-0.15, -0.1) is 0 Å². The maximum absolute atomic E-state index is 8.88. The number of fused-ring (bicyclic) bond motifs is 1. The van der Waals surface area contributed by atoms with Crippen LogP contribution in [-0.2, 0) is 4.57 Å². The summed E-state index contributed by atoms with van der Waals surface area (Å²) in [5, 5.41) is 2.62. The number of hydrogen-bond donors (Lipinski definition) is 3. The molecule has 0 saturated carbocycles. The molecule has 0 radical (unpaired) electrons. The molecule has 0 heterocycles. The zero-order chi connectivity index (χ0) is 11.3. The van der Waals surface area contributed by atoms with E-state index in [4.69, 9.17) is 19.2 Å². The Labute approximate surface area is 122 Å². The van der Waals surface area contributed by atoms with Crippen molar-refractivity contribution in [1.29, 1.82) is 0 Å². The van der Waals surface area contributed by atoms with E-state index in [2.05, 4.69) is 48.5 Å². The summed E-state index contributed by atoms with van der Waals surface area (Å²) in [5.74, 6) is 0. The third kappa shape index (κ3) is 9.47. The smallest absolute Gasteiger partial charge is 1.00 e. The zero-order valence-electron chi connectivity index (χ0n) is 10.3. The van der Waals surface area contributed by atoms with Gasteiger partial charge in [-0.1, -0.05) is 48.5 Å². The molecule has 0 aromatic heterocycles. The van der Waals surface area contributed by atoms with Crippen LogP contribution in [0.2, 0.25) is 0 Å². The van der Waals surface area contributed by atoms with Gasteiger partial charge < -0.3 is 21.6 Å². The van der Waals surface area contributed by atoms with Crippen molar-refractivity contribution in [2.24, 2.45) is 0 Å². The number of rotatable bonds is 0. The molecule has 2 aromatic rings. The van der Waals surface area contributed by atoms with Crippen LogP contribution < -0.4 is 29.6 Å². The van der Waals surface area contributed by atoms with Gasteiger partial charge in [0.2, 0.25) is 0 Å². The van der Waals surface area contributed by atoms with Gasteiger partial charge in [0.05, 0.1) is 0 Å². The van der Waals surface area contributed by atoms with Gasteiger partial charge in [0.25, 0.3) is 0 Å². The number of benzene rings is 2. The molecule has 90 valence electrons. The van der Waals surface area contributed by atoms with Gasteiger partial charge in [-0.2, -0.15) is 0 Å². The molecule has 0 bridgehead atoms. The molecule has 0 aliphatic rings. The Morgan fingerprint density at radius 3 is 1.18 bits per heavy atom. The van der Waals surface area contributed by atoms with Crippen molar-refractivity contribution >= 4 is 18.6 Å². The Morgan fingerprint density at radius 1 is 0.824 bits per heavy atom. The molecule has 0 atom stereocenters. The third-order valence-corrected chi connectivity index (χ3v) is 1.66. The van der Waals surface area contributed by atoms with Crippen LogP contribution in [-0.4, -0.2) is 20.2 Å². The second kappa shape index (κ2) is 8.80. The SMILES string of the molecule is O.O=P(O)(O)O.[H-].[Na+].c1ccc2ccccc2c1. The second-order valence-electron chi connectivity index (χ2n) is 2.86. The van der Waals surface area contributed by atoms with Gasteiger partial charge in [-0.25, -0.2) is 4.57 Å². The normalized spacial score (nSPS) is 9.35. The summed E-state index contributed by atoms with van der Waals surface area (Å²) >= 11 is 0. The van der Waals surface area contributed by atoms with Crippen LogP contribution in [0.3, 0.4) is 0 Å². The molecule has 5 N–H and O–H groups in total. The molecule has 5 nitrogen and oxygen atoms in total. The summed E-state index contributed by atoms with van der Waals surface area (Å²) < 4.78 is 8.88. The fourth-order valence-corrected chi connectivity index (χ4v) is 1.13. The number of phosphoric acid groups is 1. The van der Waals surface area contributed by atoms with E-state index in [1.807, 2.05) is 0 Å². The van der Waals surface area contributed by atoms with E-state index in [1.165, 1.54) is 10.8 Å². The van der Waals surface area contributed by atoms with Crippen molar-refractivity contribution in [3.05, 3.63) is 48.5 Å². The Kier molecular flexibility index (Phi) is 9.90. The van der Waals surface area contributed by atoms with Crippen LogP contribution in [0.15, 0.2) is 48.5 Å². The molecule has 17 heavy (non-hydrogen) atoms. The first kappa shape index (κ1) is 19.1. The fourth-order valence-electron chi connectivity index (χ4n) is 1.13. The van der Waals surface area contributed by atoms with Crippen LogP contribution >= 0.6 is 7.82 Å². The average Bonchev–Trinajstić information content (AvgIpc) is 2.16. The van der Waals surface area contributed by atoms with Crippen molar-refractivity contribution in [3.63, 3.8) is 0 Å². The van der Waals surface area contributed by atoms with Gasteiger partial charge in [0, 0.05) is 0 Å². The molecule has 0 unspecified atom stereocenters. The van der Waals surface area contributed by atoms with Crippen molar-refractivity contribution in [2.45, 2.75) is 0 Å². The summed E-state index contributed by atoms with van der Waals surface area (Å²) in [4.78, 5) is 21.6. The number of hydrogen-bond acceptors (Lipinski definition) is 1. The Hall–Kier alpha value is -0.230. The van der Waals surface area contributed by atoms with Gasteiger partial charge in [0.15, 0.2) is 0 Å². The van der Waals surface area contributed by atoms with Crippen molar-refractivity contribution in [2.75, 3.05) is 0 Å². The topological polar surface area (TPSA) is 109 Å². The zero-order valence-corrected chi connectivity index (χ0v) is 12.2. The largest absolute Gasteiger partial charge is 1.00 e. The quantitative estimate of drug-likeness (QED) is 0.387.